The first-order valence-corrected chi connectivity index (χ1v) is 24.2. The highest BCUT2D eigenvalue weighted by Gasteiger charge is 2.32. The molecular weight excluding hydrogens is 991 g/mol. The first-order chi connectivity index (χ1) is 35.8. The zero-order valence-corrected chi connectivity index (χ0v) is 42.5. The Balaban J connectivity index is 3.09. The Kier molecular flexibility index (Phi) is 35.1. The van der Waals surface area contributed by atoms with E-state index < -0.39 is 121 Å². The number of ether oxygens (including phenoxy) is 4. The van der Waals surface area contributed by atoms with E-state index in [2.05, 4.69) is 47.7 Å². The molecule has 0 saturated heterocycles. The summed E-state index contributed by atoms with van der Waals surface area (Å²) in [6, 6.07) is -2.47. The highest BCUT2D eigenvalue weighted by molar-refractivity contribution is 5.98. The topological polar surface area (TPSA) is 466 Å². The van der Waals surface area contributed by atoms with Crippen molar-refractivity contribution in [3.8, 4) is 0 Å². The second-order valence-corrected chi connectivity index (χ2v) is 16.7. The molecule has 6 unspecified atom stereocenters. The van der Waals surface area contributed by atoms with Crippen LogP contribution in [0.5, 0.6) is 0 Å². The highest BCUT2D eigenvalue weighted by atomic mass is 16.5. The lowest BCUT2D eigenvalue weighted by Gasteiger charge is -2.24. The van der Waals surface area contributed by atoms with E-state index in [0.29, 0.717) is 63.1 Å². The van der Waals surface area contributed by atoms with Crippen molar-refractivity contribution in [3.05, 3.63) is 35.4 Å². The molecule has 0 aliphatic rings. The number of nitrogens with zero attached hydrogens (tertiary/aromatic N) is 1. The van der Waals surface area contributed by atoms with E-state index in [1.807, 2.05) is 0 Å². The maximum Gasteiger partial charge on any atom is 0.243 e. The average Bonchev–Trinajstić information content (AvgIpc) is 3.36. The van der Waals surface area contributed by atoms with Gasteiger partial charge in [-0.1, -0.05) is 37.1 Å². The summed E-state index contributed by atoms with van der Waals surface area (Å²) in [4.78, 5) is 128. The fourth-order valence-corrected chi connectivity index (χ4v) is 6.37. The van der Waals surface area contributed by atoms with Crippen molar-refractivity contribution in [2.75, 3.05) is 80.0 Å². The van der Waals surface area contributed by atoms with E-state index in [0.717, 1.165) is 0 Å². The Hall–Kier alpha value is -6.73. The van der Waals surface area contributed by atoms with Crippen molar-refractivity contribution in [2.45, 2.75) is 107 Å². The van der Waals surface area contributed by atoms with Crippen LogP contribution in [-0.4, -0.2) is 182 Å². The van der Waals surface area contributed by atoms with Crippen LogP contribution in [0.1, 0.15) is 75.3 Å². The third kappa shape index (κ3) is 30.9. The van der Waals surface area contributed by atoms with Gasteiger partial charge in [-0.2, -0.15) is 5.10 Å². The number of unbranched alkanes of at least 4 members (excludes halogenated alkanes) is 2. The molecule has 0 fully saturated rings. The van der Waals surface area contributed by atoms with Crippen molar-refractivity contribution in [2.24, 2.45) is 28.0 Å². The van der Waals surface area contributed by atoms with Crippen LogP contribution in [0.4, 0.5) is 0 Å². The van der Waals surface area contributed by atoms with Crippen LogP contribution in [0.2, 0.25) is 0 Å². The van der Waals surface area contributed by atoms with Crippen LogP contribution >= 0.6 is 0 Å². The number of carboxylic acid groups (broad SMARTS) is 2. The van der Waals surface area contributed by atoms with Gasteiger partial charge in [-0.3, -0.25) is 38.4 Å². The number of hydrogen-bond donors (Lipinski definition) is 12. The number of carboxylic acids is 2. The number of nitrogens with two attached hydrogens (primary N) is 4. The van der Waals surface area contributed by atoms with Gasteiger partial charge in [-0.05, 0) is 49.9 Å². The molecule has 0 bridgehead atoms. The number of benzene rings is 1. The summed E-state index contributed by atoms with van der Waals surface area (Å²) in [6.07, 6.45) is 0.494. The largest absolute Gasteiger partial charge is 0.550 e. The number of rotatable bonds is 42. The Morgan fingerprint density at radius 2 is 0.947 bits per heavy atom. The van der Waals surface area contributed by atoms with Crippen LogP contribution in [0, 0.1) is 0 Å². The molecule has 6 atom stereocenters. The molecule has 0 radical (unpaired) electrons. The molecule has 29 nitrogen and oxygen atoms in total. The minimum Gasteiger partial charge on any atom is -0.550 e. The highest BCUT2D eigenvalue weighted by Crippen LogP contribution is 2.07. The molecule has 29 heteroatoms. The van der Waals surface area contributed by atoms with Crippen molar-refractivity contribution >= 4 is 65.4 Å². The molecule has 0 aromatic heterocycles. The monoisotopic (exact) mass is 1070 g/mol. The van der Waals surface area contributed by atoms with E-state index in [1.165, 1.54) is 20.4 Å². The van der Waals surface area contributed by atoms with Crippen molar-refractivity contribution in [3.63, 3.8) is 0 Å². The Bertz CT molecular complexity index is 1980. The zero-order valence-electron chi connectivity index (χ0n) is 42.5. The molecule has 1 aromatic rings. The van der Waals surface area contributed by atoms with Crippen LogP contribution in [-0.2, 0) is 73.4 Å². The van der Waals surface area contributed by atoms with E-state index in [4.69, 9.17) is 41.9 Å². The van der Waals surface area contributed by atoms with Crippen LogP contribution < -0.4 is 75.8 Å². The molecule has 75 heavy (non-hydrogen) atoms. The van der Waals surface area contributed by atoms with Gasteiger partial charge in [0.05, 0.1) is 70.8 Å². The first kappa shape index (κ1) is 66.3. The zero-order chi connectivity index (χ0) is 56.0. The number of carbonyl (C=O) groups is 10. The molecule has 0 saturated carbocycles. The summed E-state index contributed by atoms with van der Waals surface area (Å²) in [5.41, 5.74) is 26.3. The predicted octanol–water partition coefficient (Wildman–Crippen LogP) is -7.78. The maximum atomic E-state index is 13.5. The summed E-state index contributed by atoms with van der Waals surface area (Å²) >= 11 is 0. The summed E-state index contributed by atoms with van der Waals surface area (Å²) < 4.78 is 20.3. The summed E-state index contributed by atoms with van der Waals surface area (Å²) in [6.45, 7) is 1.69. The lowest BCUT2D eigenvalue weighted by atomic mass is 10.1. The minimum absolute atomic E-state index is 0.0402. The fraction of sp³-hybridized carbons (Fsp3) is 0.630. The van der Waals surface area contributed by atoms with Gasteiger partial charge in [0.15, 0.2) is 0 Å². The third-order valence-electron chi connectivity index (χ3n) is 10.5. The van der Waals surface area contributed by atoms with Gasteiger partial charge >= 0.3 is 0 Å². The van der Waals surface area contributed by atoms with E-state index >= 15 is 0 Å². The van der Waals surface area contributed by atoms with Crippen LogP contribution in [0.25, 0.3) is 0 Å². The van der Waals surface area contributed by atoms with Gasteiger partial charge < -0.3 is 98.9 Å². The second kappa shape index (κ2) is 39.7. The Labute approximate surface area is 434 Å². The number of aliphatic carboxylic acids is 2. The van der Waals surface area contributed by atoms with Gasteiger partial charge in [0, 0.05) is 58.6 Å². The standard InChI is InChI=1S/C46H77N13O16/c1-72-19-21-74-17-15-51-43(68)35(25-39(62)63)57-45(70)33(55-41(66)31(49)7-3-5-13-47)23-37(60)53-27-29-9-11-30(12-10-29)28-54-59-38(61)24-34(56-42(67)32(50)8-4-6-14-48)46(71)58-36(26-40(64)65)44(69)52-16-18-75-22-20-73-2/h9-12,28,31-36H,3-8,13-27,47-50H2,1-2H3,(H,51,68)(H,52,69)(H,53,60)(H,55,66)(H,56,67)(H,57,70)(H,58,71)(H,59,61)(H,62,63)(H,64,65)/p-2/b54-28+. The Morgan fingerprint density at radius 3 is 1.36 bits per heavy atom. The normalized spacial score (nSPS) is 13.5. The molecule has 422 valence electrons. The molecule has 0 spiro atoms. The maximum absolute atomic E-state index is 13.5. The van der Waals surface area contributed by atoms with Gasteiger partial charge in [-0.25, -0.2) is 5.43 Å². The lowest BCUT2D eigenvalue weighted by Crippen LogP contribution is -2.57. The smallest absolute Gasteiger partial charge is 0.243 e. The van der Waals surface area contributed by atoms with Crippen molar-refractivity contribution < 1.29 is 77.1 Å². The third-order valence-corrected chi connectivity index (χ3v) is 10.5. The van der Waals surface area contributed by atoms with Gasteiger partial charge in [-0.15, -0.1) is 0 Å². The predicted molar refractivity (Wildman–Crippen MR) is 263 cm³/mol. The summed E-state index contributed by atoms with van der Waals surface area (Å²) in [7, 11) is 2.95. The van der Waals surface area contributed by atoms with Gasteiger partial charge in [0.25, 0.3) is 0 Å². The molecule has 0 heterocycles. The molecular formula is C46H75N13O16-2. The number of methoxy groups -OCH3 is 2. The molecule has 1 aromatic carbocycles. The lowest BCUT2D eigenvalue weighted by molar-refractivity contribution is -0.307. The number of amides is 8. The van der Waals surface area contributed by atoms with Gasteiger partial charge in [0.2, 0.25) is 47.3 Å². The molecule has 0 aliphatic heterocycles. The van der Waals surface area contributed by atoms with Crippen molar-refractivity contribution in [1.82, 2.24) is 42.6 Å². The minimum atomic E-state index is -1.67. The van der Waals surface area contributed by atoms with E-state index in [1.54, 1.807) is 24.3 Å². The van der Waals surface area contributed by atoms with Crippen LogP contribution in [0.15, 0.2) is 29.4 Å². The molecule has 8 amide bonds. The number of hydrazone groups is 1. The average molecular weight is 1070 g/mol. The second-order valence-electron chi connectivity index (χ2n) is 16.7. The van der Waals surface area contributed by atoms with E-state index in [9.17, 15) is 58.2 Å². The summed E-state index contributed by atoms with van der Waals surface area (Å²) in [5, 5.41) is 43.7. The SMILES string of the molecule is COCCOCCNC(=O)C(CC(=O)[O-])NC(=O)C(CC(=O)NCc1ccc(/C=N/NC(=O)CC(NC(=O)C(N)CCCCN)C(=O)NC(CC(=O)[O-])C(=O)NCCOCCOC)cc1)NC(=O)C(N)CCCCN. The number of carbonyl (C=O) groups excluding carboxylic acids is 10. The van der Waals surface area contributed by atoms with E-state index in [-0.39, 0.29) is 58.9 Å². The van der Waals surface area contributed by atoms with Gasteiger partial charge in [0.1, 0.15) is 24.2 Å². The van der Waals surface area contributed by atoms with Crippen LogP contribution in [0.3, 0.4) is 0 Å². The molecule has 0 aliphatic carbocycles. The number of hydrogen-bond acceptors (Lipinski definition) is 21. The summed E-state index contributed by atoms with van der Waals surface area (Å²) in [5.74, 6) is -10.5. The molecule has 1 rings (SSSR count). The molecule has 16 N–H and O–H groups in total. The quantitative estimate of drug-likeness (QED) is 0.0164. The Morgan fingerprint density at radius 1 is 0.533 bits per heavy atom. The first-order valence-electron chi connectivity index (χ1n) is 24.2. The number of nitrogens with one attached hydrogen (secondary N) is 8. The van der Waals surface area contributed by atoms with Crippen molar-refractivity contribution in [1.29, 1.82) is 0 Å². The fourth-order valence-electron chi connectivity index (χ4n) is 6.37.